The van der Waals surface area contributed by atoms with Gasteiger partial charge in [0.25, 0.3) is 6.43 Å². The van der Waals surface area contributed by atoms with Gasteiger partial charge in [-0.15, -0.1) is 5.10 Å². The Morgan fingerprint density at radius 1 is 1.38 bits per heavy atom. The molecule has 2 heterocycles. The molecule has 11 heteroatoms. The van der Waals surface area contributed by atoms with Gasteiger partial charge in [-0.3, -0.25) is 0 Å². The number of halogens is 4. The third-order valence-electron chi connectivity index (χ3n) is 2.30. The van der Waals surface area contributed by atoms with Gasteiger partial charge in [-0.2, -0.15) is 0 Å². The van der Waals surface area contributed by atoms with E-state index in [0.717, 1.165) is 23.1 Å². The van der Waals surface area contributed by atoms with Gasteiger partial charge in [0.05, 0.1) is 18.1 Å². The summed E-state index contributed by atoms with van der Waals surface area (Å²) in [6.07, 6.45) is -4.10. The monoisotopic (exact) mass is 305 g/mol. The van der Waals surface area contributed by atoms with Gasteiger partial charge in [0.1, 0.15) is 0 Å². The van der Waals surface area contributed by atoms with E-state index in [1.165, 1.54) is 0 Å². The van der Waals surface area contributed by atoms with Crippen molar-refractivity contribution in [2.24, 2.45) is 0 Å². The molecule has 0 radical (unpaired) electrons. The molecule has 2 aromatic rings. The summed E-state index contributed by atoms with van der Waals surface area (Å²) in [6, 6.07) is 0.813. The molecule has 0 aliphatic rings. The van der Waals surface area contributed by atoms with Gasteiger partial charge in [0.15, 0.2) is 17.3 Å². The molecule has 0 fully saturated rings. The number of pyridine rings is 1. The summed E-state index contributed by atoms with van der Waals surface area (Å²) in [6.45, 7) is 0. The smallest absolute Gasteiger partial charge is 0.358 e. The highest BCUT2D eigenvalue weighted by Crippen LogP contribution is 2.17. The summed E-state index contributed by atoms with van der Waals surface area (Å²) < 4.78 is 51.3. The Kier molecular flexibility index (Phi) is 4.00. The largest absolute Gasteiger partial charge is 0.476 e. The van der Waals surface area contributed by atoms with E-state index in [-0.39, 0.29) is 11.4 Å². The normalized spacial score (nSPS) is 12.4. The zero-order valence-electron chi connectivity index (χ0n) is 10.0. The standard InChI is InChI=1S/C10H7F4N5O2/c11-5-1-4(19-3-6(10(20)21)17-18-19)2-15-9(5)16-8(14)7(12)13/h1-3,7-8H,(H,15,16)(H,20,21). The number of aromatic carboxylic acids is 1. The first kappa shape index (κ1) is 14.7. The fourth-order valence-corrected chi connectivity index (χ4v) is 1.34. The Bertz CT molecular complexity index is 663. The molecule has 2 aromatic heterocycles. The second-order valence-corrected chi connectivity index (χ2v) is 3.76. The van der Waals surface area contributed by atoms with E-state index >= 15 is 0 Å². The van der Waals surface area contributed by atoms with Crippen molar-refractivity contribution in [1.82, 2.24) is 20.0 Å². The van der Waals surface area contributed by atoms with Crippen LogP contribution < -0.4 is 5.32 Å². The molecule has 0 saturated heterocycles. The lowest BCUT2D eigenvalue weighted by Gasteiger charge is -2.11. The number of alkyl halides is 3. The van der Waals surface area contributed by atoms with Crippen molar-refractivity contribution in [3.05, 3.63) is 30.0 Å². The molecule has 1 atom stereocenters. The molecular weight excluding hydrogens is 298 g/mol. The van der Waals surface area contributed by atoms with Gasteiger partial charge < -0.3 is 10.4 Å². The zero-order chi connectivity index (χ0) is 15.6. The summed E-state index contributed by atoms with van der Waals surface area (Å²) in [5, 5.41) is 17.0. The number of hydrogen-bond acceptors (Lipinski definition) is 5. The number of carboxylic acid groups (broad SMARTS) is 1. The Hall–Kier alpha value is -2.72. The molecule has 0 aliphatic carbocycles. The molecule has 0 aliphatic heterocycles. The molecule has 0 bridgehead atoms. The summed E-state index contributed by atoms with van der Waals surface area (Å²) in [4.78, 5) is 14.1. The van der Waals surface area contributed by atoms with E-state index in [1.807, 2.05) is 0 Å². The van der Waals surface area contributed by atoms with E-state index < -0.39 is 30.3 Å². The fraction of sp³-hybridized carbons (Fsp3) is 0.200. The Morgan fingerprint density at radius 2 is 2.10 bits per heavy atom. The summed E-state index contributed by atoms with van der Waals surface area (Å²) in [7, 11) is 0. The number of aromatic nitrogens is 4. The molecule has 112 valence electrons. The fourth-order valence-electron chi connectivity index (χ4n) is 1.34. The zero-order valence-corrected chi connectivity index (χ0v) is 10.0. The first-order valence-corrected chi connectivity index (χ1v) is 5.39. The quantitative estimate of drug-likeness (QED) is 0.642. The predicted molar refractivity (Wildman–Crippen MR) is 60.6 cm³/mol. The average molecular weight is 305 g/mol. The van der Waals surface area contributed by atoms with Crippen molar-refractivity contribution in [2.75, 3.05) is 5.32 Å². The van der Waals surface area contributed by atoms with Crippen LogP contribution in [-0.4, -0.2) is 43.8 Å². The van der Waals surface area contributed by atoms with Gasteiger partial charge in [0.2, 0.25) is 6.30 Å². The lowest BCUT2D eigenvalue weighted by atomic mass is 10.3. The Balaban J connectivity index is 2.23. The van der Waals surface area contributed by atoms with E-state index in [4.69, 9.17) is 5.11 Å². The van der Waals surface area contributed by atoms with Crippen LogP contribution in [0.3, 0.4) is 0 Å². The number of rotatable bonds is 5. The van der Waals surface area contributed by atoms with Crippen molar-refractivity contribution in [1.29, 1.82) is 0 Å². The van der Waals surface area contributed by atoms with Crippen molar-refractivity contribution >= 4 is 11.8 Å². The number of anilines is 1. The molecule has 0 amide bonds. The molecule has 21 heavy (non-hydrogen) atoms. The highest BCUT2D eigenvalue weighted by molar-refractivity contribution is 5.84. The summed E-state index contributed by atoms with van der Waals surface area (Å²) in [5.41, 5.74) is -0.385. The van der Waals surface area contributed by atoms with E-state index in [1.54, 1.807) is 5.32 Å². The van der Waals surface area contributed by atoms with E-state index in [9.17, 15) is 22.4 Å². The first-order chi connectivity index (χ1) is 9.88. The second-order valence-electron chi connectivity index (χ2n) is 3.76. The Morgan fingerprint density at radius 3 is 2.62 bits per heavy atom. The SMILES string of the molecule is O=C(O)c1cn(-c2cnc(NC(F)C(F)F)c(F)c2)nn1. The van der Waals surface area contributed by atoms with Crippen LogP contribution in [0.4, 0.5) is 23.4 Å². The van der Waals surface area contributed by atoms with Gasteiger partial charge in [-0.25, -0.2) is 32.0 Å². The maximum Gasteiger partial charge on any atom is 0.358 e. The van der Waals surface area contributed by atoms with Crippen molar-refractivity contribution < 1.29 is 27.5 Å². The van der Waals surface area contributed by atoms with Gasteiger partial charge in [-0.05, 0) is 0 Å². The van der Waals surface area contributed by atoms with E-state index in [0.29, 0.717) is 0 Å². The van der Waals surface area contributed by atoms with Crippen LogP contribution in [0, 0.1) is 5.82 Å². The molecule has 1 unspecified atom stereocenters. The van der Waals surface area contributed by atoms with Gasteiger partial charge >= 0.3 is 5.97 Å². The lowest BCUT2D eigenvalue weighted by Crippen LogP contribution is -2.23. The van der Waals surface area contributed by atoms with Gasteiger partial charge in [-0.1, -0.05) is 5.21 Å². The number of carbonyl (C=O) groups is 1. The first-order valence-electron chi connectivity index (χ1n) is 5.39. The number of nitrogens with one attached hydrogen (secondary N) is 1. The van der Waals surface area contributed by atoms with Crippen LogP contribution >= 0.6 is 0 Å². The Labute approximate surface area is 114 Å². The van der Waals surface area contributed by atoms with Crippen LogP contribution in [0.15, 0.2) is 18.5 Å². The van der Waals surface area contributed by atoms with Crippen LogP contribution in [-0.2, 0) is 0 Å². The molecular formula is C10H7F4N5O2. The third kappa shape index (κ3) is 3.24. The topological polar surface area (TPSA) is 92.9 Å². The number of carboxylic acids is 1. The molecule has 0 aromatic carbocycles. The maximum absolute atomic E-state index is 13.6. The number of hydrogen-bond donors (Lipinski definition) is 2. The molecule has 0 spiro atoms. The van der Waals surface area contributed by atoms with Crippen molar-refractivity contribution in [3.63, 3.8) is 0 Å². The molecule has 2 N–H and O–H groups in total. The highest BCUT2D eigenvalue weighted by atomic mass is 19.3. The predicted octanol–water partition coefficient (Wildman–Crippen LogP) is 1.47. The number of nitrogens with zero attached hydrogens (tertiary/aromatic N) is 4. The van der Waals surface area contributed by atoms with Crippen LogP contribution in [0.1, 0.15) is 10.5 Å². The van der Waals surface area contributed by atoms with Crippen LogP contribution in [0.5, 0.6) is 0 Å². The minimum Gasteiger partial charge on any atom is -0.476 e. The second kappa shape index (κ2) is 5.73. The van der Waals surface area contributed by atoms with Crippen molar-refractivity contribution in [3.8, 4) is 5.69 Å². The molecule has 2 rings (SSSR count). The van der Waals surface area contributed by atoms with Crippen LogP contribution in [0.2, 0.25) is 0 Å². The van der Waals surface area contributed by atoms with Crippen LogP contribution in [0.25, 0.3) is 5.69 Å². The highest BCUT2D eigenvalue weighted by Gasteiger charge is 2.21. The maximum atomic E-state index is 13.6. The third-order valence-corrected chi connectivity index (χ3v) is 2.30. The summed E-state index contributed by atoms with van der Waals surface area (Å²) >= 11 is 0. The van der Waals surface area contributed by atoms with Crippen molar-refractivity contribution in [2.45, 2.75) is 12.7 Å². The molecule has 7 nitrogen and oxygen atoms in total. The average Bonchev–Trinajstić information content (AvgIpc) is 2.90. The van der Waals surface area contributed by atoms with E-state index in [2.05, 4.69) is 15.3 Å². The lowest BCUT2D eigenvalue weighted by molar-refractivity contribution is 0.0646. The minimum absolute atomic E-state index is 0.00879. The van der Waals surface area contributed by atoms with Gasteiger partial charge in [0, 0.05) is 6.07 Å². The minimum atomic E-state index is -3.33. The summed E-state index contributed by atoms with van der Waals surface area (Å²) in [5.74, 6) is -3.14. The molecule has 0 saturated carbocycles.